The molecule has 1 aromatic heterocycles. The van der Waals surface area contributed by atoms with Gasteiger partial charge in [0.25, 0.3) is 5.91 Å². The molecule has 1 amide bonds. The second kappa shape index (κ2) is 8.53. The number of rotatable bonds is 7. The van der Waals surface area contributed by atoms with E-state index in [1.807, 2.05) is 18.2 Å². The molecular formula is C19H23N3O4. The topological polar surface area (TPSA) is 81.7 Å². The summed E-state index contributed by atoms with van der Waals surface area (Å²) in [7, 11) is 3.20. The fourth-order valence-electron chi connectivity index (χ4n) is 2.77. The van der Waals surface area contributed by atoms with Crippen molar-refractivity contribution in [2.45, 2.75) is 18.9 Å². The number of nitrogens with zero attached hydrogens (tertiary/aromatic N) is 1. The highest BCUT2D eigenvalue weighted by Gasteiger charge is 2.16. The minimum absolute atomic E-state index is 0.119. The second-order valence-corrected chi connectivity index (χ2v) is 5.97. The summed E-state index contributed by atoms with van der Waals surface area (Å²) < 4.78 is 16.1. The van der Waals surface area contributed by atoms with Crippen LogP contribution in [0, 0.1) is 0 Å². The van der Waals surface area contributed by atoms with Crippen molar-refractivity contribution < 1.29 is 19.0 Å². The van der Waals surface area contributed by atoms with Gasteiger partial charge in [-0.3, -0.25) is 4.79 Å². The third kappa shape index (κ3) is 4.43. The Hall–Kier alpha value is -2.80. The van der Waals surface area contributed by atoms with Gasteiger partial charge in [-0.05, 0) is 37.1 Å². The summed E-state index contributed by atoms with van der Waals surface area (Å²) in [4.78, 5) is 16.5. The quantitative estimate of drug-likeness (QED) is 0.793. The van der Waals surface area contributed by atoms with Crippen LogP contribution in [0.3, 0.4) is 0 Å². The van der Waals surface area contributed by atoms with Crippen LogP contribution in [-0.2, 0) is 4.74 Å². The Morgan fingerprint density at radius 1 is 1.27 bits per heavy atom. The number of amides is 1. The molecule has 2 aromatic rings. The molecule has 1 fully saturated rings. The predicted molar refractivity (Wildman–Crippen MR) is 98.4 cm³/mol. The van der Waals surface area contributed by atoms with Gasteiger partial charge in [-0.15, -0.1) is 0 Å². The largest absolute Gasteiger partial charge is 0.497 e. The molecule has 7 nitrogen and oxygen atoms in total. The number of methoxy groups -OCH3 is 2. The lowest BCUT2D eigenvalue weighted by molar-refractivity contribution is 0.0857. The van der Waals surface area contributed by atoms with Gasteiger partial charge < -0.3 is 24.8 Å². The van der Waals surface area contributed by atoms with Crippen molar-refractivity contribution in [3.05, 3.63) is 42.1 Å². The average molecular weight is 357 g/mol. The first kappa shape index (κ1) is 18.0. The molecule has 0 saturated carbocycles. The Morgan fingerprint density at radius 3 is 2.81 bits per heavy atom. The van der Waals surface area contributed by atoms with Crippen LogP contribution in [0.25, 0.3) is 0 Å². The van der Waals surface area contributed by atoms with Crippen LogP contribution in [0.15, 0.2) is 36.5 Å². The van der Waals surface area contributed by atoms with Gasteiger partial charge in [0, 0.05) is 25.4 Å². The number of ether oxygens (including phenoxy) is 3. The summed E-state index contributed by atoms with van der Waals surface area (Å²) in [6.45, 7) is 1.30. The third-order valence-electron chi connectivity index (χ3n) is 4.21. The van der Waals surface area contributed by atoms with E-state index in [9.17, 15) is 4.79 Å². The van der Waals surface area contributed by atoms with E-state index in [0.717, 1.165) is 25.1 Å². The molecule has 138 valence electrons. The minimum Gasteiger partial charge on any atom is -0.497 e. The number of carbonyl (C=O) groups is 1. The summed E-state index contributed by atoms with van der Waals surface area (Å²) in [6, 6.07) is 8.93. The minimum atomic E-state index is -0.154. The van der Waals surface area contributed by atoms with Gasteiger partial charge in [0.1, 0.15) is 17.3 Å². The van der Waals surface area contributed by atoms with Gasteiger partial charge >= 0.3 is 0 Å². The molecule has 0 radical (unpaired) electrons. The van der Waals surface area contributed by atoms with E-state index in [0.29, 0.717) is 29.4 Å². The van der Waals surface area contributed by atoms with E-state index >= 15 is 0 Å². The number of carbonyl (C=O) groups excluding carboxylic acids is 1. The summed E-state index contributed by atoms with van der Waals surface area (Å²) in [5.41, 5.74) is 1.24. The summed E-state index contributed by atoms with van der Waals surface area (Å²) in [5.74, 6) is 1.83. The molecule has 1 saturated heterocycles. The van der Waals surface area contributed by atoms with Gasteiger partial charge in [0.2, 0.25) is 0 Å². The molecule has 3 rings (SSSR count). The second-order valence-electron chi connectivity index (χ2n) is 5.97. The zero-order chi connectivity index (χ0) is 18.4. The molecule has 0 spiro atoms. The first-order valence-electron chi connectivity index (χ1n) is 8.54. The van der Waals surface area contributed by atoms with E-state index in [-0.39, 0.29) is 12.0 Å². The number of benzene rings is 1. The van der Waals surface area contributed by atoms with Crippen molar-refractivity contribution in [2.75, 3.05) is 32.7 Å². The van der Waals surface area contributed by atoms with Crippen LogP contribution in [0.2, 0.25) is 0 Å². The lowest BCUT2D eigenvalue weighted by Gasteiger charge is -2.13. The number of hydrogen-bond donors (Lipinski definition) is 2. The average Bonchev–Trinajstić information content (AvgIpc) is 3.20. The van der Waals surface area contributed by atoms with E-state index in [2.05, 4.69) is 15.6 Å². The zero-order valence-corrected chi connectivity index (χ0v) is 15.0. The summed E-state index contributed by atoms with van der Waals surface area (Å²) in [6.07, 6.45) is 3.70. The highest BCUT2D eigenvalue weighted by Crippen LogP contribution is 2.30. The van der Waals surface area contributed by atoms with Gasteiger partial charge in [-0.1, -0.05) is 0 Å². The highest BCUT2D eigenvalue weighted by atomic mass is 16.5. The van der Waals surface area contributed by atoms with Gasteiger partial charge in [-0.2, -0.15) is 0 Å². The van der Waals surface area contributed by atoms with Crippen LogP contribution in [0.1, 0.15) is 23.2 Å². The smallest absolute Gasteiger partial charge is 0.252 e. The highest BCUT2D eigenvalue weighted by molar-refractivity contribution is 5.94. The van der Waals surface area contributed by atoms with Gasteiger partial charge in [0.05, 0.1) is 31.6 Å². The first-order valence-corrected chi connectivity index (χ1v) is 8.54. The number of hydrogen-bond acceptors (Lipinski definition) is 6. The molecule has 7 heteroatoms. The van der Waals surface area contributed by atoms with Crippen LogP contribution in [-0.4, -0.2) is 44.4 Å². The van der Waals surface area contributed by atoms with Crippen molar-refractivity contribution in [3.8, 4) is 11.5 Å². The molecule has 2 heterocycles. The maximum Gasteiger partial charge on any atom is 0.252 e. The first-order chi connectivity index (χ1) is 12.7. The maximum atomic E-state index is 12.2. The molecule has 1 aromatic carbocycles. The van der Waals surface area contributed by atoms with Crippen LogP contribution in [0.5, 0.6) is 11.5 Å². The maximum absolute atomic E-state index is 12.2. The predicted octanol–water partition coefficient (Wildman–Crippen LogP) is 2.75. The third-order valence-corrected chi connectivity index (χ3v) is 4.21. The normalized spacial score (nSPS) is 16.2. The lowest BCUT2D eigenvalue weighted by Crippen LogP contribution is -2.31. The fraction of sp³-hybridized carbons (Fsp3) is 0.368. The lowest BCUT2D eigenvalue weighted by atomic mass is 10.2. The molecule has 0 aliphatic carbocycles. The van der Waals surface area contributed by atoms with E-state index in [4.69, 9.17) is 14.2 Å². The Balaban J connectivity index is 1.63. The number of pyridine rings is 1. The summed E-state index contributed by atoms with van der Waals surface area (Å²) in [5, 5.41) is 6.06. The number of nitrogens with one attached hydrogen (secondary N) is 2. The standard InChI is InChI=1S/C19H23N3O4/c1-24-14-6-7-17(25-2)16(10-14)22-18-8-5-13(11-20-18)19(23)21-12-15-4-3-9-26-15/h5-8,10-11,15H,3-4,9,12H2,1-2H3,(H,20,22)(H,21,23). The van der Waals surface area contributed by atoms with Crippen molar-refractivity contribution in [1.82, 2.24) is 10.3 Å². The molecule has 26 heavy (non-hydrogen) atoms. The molecule has 1 aliphatic rings. The Bertz CT molecular complexity index is 743. The van der Waals surface area contributed by atoms with E-state index < -0.39 is 0 Å². The molecule has 0 bridgehead atoms. The van der Waals surface area contributed by atoms with Crippen molar-refractivity contribution in [2.24, 2.45) is 0 Å². The Morgan fingerprint density at radius 2 is 2.15 bits per heavy atom. The van der Waals surface area contributed by atoms with Gasteiger partial charge in [-0.25, -0.2) is 4.98 Å². The van der Waals surface area contributed by atoms with E-state index in [1.54, 1.807) is 32.5 Å². The van der Waals surface area contributed by atoms with Crippen molar-refractivity contribution in [3.63, 3.8) is 0 Å². The van der Waals surface area contributed by atoms with Crippen LogP contribution >= 0.6 is 0 Å². The molecule has 2 N–H and O–H groups in total. The van der Waals surface area contributed by atoms with Crippen molar-refractivity contribution in [1.29, 1.82) is 0 Å². The molecule has 1 unspecified atom stereocenters. The SMILES string of the molecule is COc1ccc(OC)c(Nc2ccc(C(=O)NCC3CCCO3)cn2)c1. The van der Waals surface area contributed by atoms with Crippen LogP contribution in [0.4, 0.5) is 11.5 Å². The zero-order valence-electron chi connectivity index (χ0n) is 15.0. The molecular weight excluding hydrogens is 334 g/mol. The van der Waals surface area contributed by atoms with E-state index in [1.165, 1.54) is 0 Å². The number of anilines is 2. The Labute approximate surface area is 152 Å². The molecule has 1 aliphatic heterocycles. The molecule has 1 atom stereocenters. The van der Waals surface area contributed by atoms with Gasteiger partial charge in [0.15, 0.2) is 0 Å². The Kier molecular flexibility index (Phi) is 5.91. The number of aromatic nitrogens is 1. The van der Waals surface area contributed by atoms with Crippen molar-refractivity contribution >= 4 is 17.4 Å². The summed E-state index contributed by atoms with van der Waals surface area (Å²) >= 11 is 0. The fourth-order valence-corrected chi connectivity index (χ4v) is 2.77. The monoisotopic (exact) mass is 357 g/mol. The van der Waals surface area contributed by atoms with Crippen LogP contribution < -0.4 is 20.1 Å².